The fraction of sp³-hybridized carbons (Fsp3) is 0.444. The van der Waals surface area contributed by atoms with E-state index in [-0.39, 0.29) is 10.6 Å². The van der Waals surface area contributed by atoms with Crippen molar-refractivity contribution in [1.29, 1.82) is 0 Å². The number of benzene rings is 1. The number of aliphatic hydroxyl groups is 2. The number of aryl methyl sites for hydroxylation is 1. The third-order valence-electron chi connectivity index (χ3n) is 3.91. The first-order chi connectivity index (χ1) is 12.3. The van der Waals surface area contributed by atoms with Crippen LogP contribution in [0.4, 0.5) is 0 Å². The van der Waals surface area contributed by atoms with Crippen LogP contribution in [0.15, 0.2) is 29.2 Å². The Labute approximate surface area is 162 Å². The molecule has 0 saturated carbocycles. The third-order valence-corrected chi connectivity index (χ3v) is 7.19. The summed E-state index contributed by atoms with van der Waals surface area (Å²) in [6.45, 7) is 8.07. The maximum Gasteiger partial charge on any atom is 0.213 e. The lowest BCUT2D eigenvalue weighted by Gasteiger charge is -2.17. The molecule has 0 bridgehead atoms. The summed E-state index contributed by atoms with van der Waals surface area (Å²) in [7, 11) is -3.65. The van der Waals surface area contributed by atoms with Crippen LogP contribution < -0.4 is 0 Å². The molecule has 0 aliphatic carbocycles. The molecule has 0 atom stereocenters. The number of hydrogen-bond acceptors (Lipinski definition) is 7. The van der Waals surface area contributed by atoms with Crippen molar-refractivity contribution >= 4 is 26.1 Å². The molecule has 0 aliphatic rings. The van der Waals surface area contributed by atoms with Gasteiger partial charge in [-0.15, -0.1) is 0 Å². The van der Waals surface area contributed by atoms with Crippen molar-refractivity contribution in [2.45, 2.75) is 50.7 Å². The zero-order valence-corrected chi connectivity index (χ0v) is 17.5. The largest absolute Gasteiger partial charge is 0.389 e. The molecule has 146 valence electrons. The van der Waals surface area contributed by atoms with Crippen LogP contribution in [-0.2, 0) is 15.4 Å². The zero-order chi connectivity index (χ0) is 20.2. The molecule has 0 radical (unpaired) electrons. The summed E-state index contributed by atoms with van der Waals surface area (Å²) in [6, 6.07) is 6.54. The quantitative estimate of drug-likeness (QED) is 0.671. The van der Waals surface area contributed by atoms with E-state index in [0.717, 1.165) is 0 Å². The van der Waals surface area contributed by atoms with Gasteiger partial charge in [-0.25, -0.2) is 17.9 Å². The van der Waals surface area contributed by atoms with E-state index in [4.69, 9.17) is 0 Å². The van der Waals surface area contributed by atoms with Gasteiger partial charge in [0, 0.05) is 5.56 Å². The molecule has 0 aliphatic heterocycles. The average molecular weight is 410 g/mol. The van der Waals surface area contributed by atoms with E-state index in [2.05, 4.69) is 10.1 Å². The van der Waals surface area contributed by atoms with Gasteiger partial charge in [-0.05, 0) is 46.8 Å². The molecule has 2 aromatic heterocycles. The van der Waals surface area contributed by atoms with E-state index in [9.17, 15) is 18.6 Å². The van der Waals surface area contributed by atoms with Crippen molar-refractivity contribution < 1.29 is 18.6 Å². The van der Waals surface area contributed by atoms with Crippen molar-refractivity contribution in [3.63, 3.8) is 0 Å². The molecule has 1 aromatic carbocycles. The van der Waals surface area contributed by atoms with Crippen LogP contribution in [-0.4, -0.2) is 44.6 Å². The normalized spacial score (nSPS) is 13.4. The lowest BCUT2D eigenvalue weighted by atomic mass is 10.1. The Balaban J connectivity index is 2.13. The molecule has 9 heteroatoms. The van der Waals surface area contributed by atoms with E-state index < -0.39 is 21.0 Å². The topological polar surface area (TPSA) is 105 Å². The Bertz CT molecular complexity index is 1100. The predicted molar refractivity (Wildman–Crippen MR) is 105 cm³/mol. The molecule has 0 spiro atoms. The molecular weight excluding hydrogens is 386 g/mol. The highest BCUT2D eigenvalue weighted by Gasteiger charge is 2.27. The zero-order valence-electron chi connectivity index (χ0n) is 15.9. The maximum absolute atomic E-state index is 12.6. The van der Waals surface area contributed by atoms with E-state index in [1.54, 1.807) is 36.6 Å². The van der Waals surface area contributed by atoms with Crippen LogP contribution in [0.1, 0.15) is 38.4 Å². The second-order valence-corrected chi connectivity index (χ2v) is 10.8. The van der Waals surface area contributed by atoms with Crippen molar-refractivity contribution in [2.24, 2.45) is 0 Å². The summed E-state index contributed by atoms with van der Waals surface area (Å²) in [5.74, 6) is -0.371. The Morgan fingerprint density at radius 3 is 2.44 bits per heavy atom. The van der Waals surface area contributed by atoms with Crippen molar-refractivity contribution in [1.82, 2.24) is 14.6 Å². The van der Waals surface area contributed by atoms with Gasteiger partial charge in [0.2, 0.25) is 4.96 Å². The summed E-state index contributed by atoms with van der Waals surface area (Å²) in [6.07, 6.45) is 0. The van der Waals surface area contributed by atoms with E-state index in [0.29, 0.717) is 26.9 Å². The second-order valence-electron chi connectivity index (χ2n) is 7.81. The summed E-state index contributed by atoms with van der Waals surface area (Å²) < 4.78 is 26.9. The average Bonchev–Trinajstić information content (AvgIpc) is 3.01. The number of hydrogen-bond donors (Lipinski definition) is 2. The lowest BCUT2D eigenvalue weighted by Crippen LogP contribution is -2.30. The molecule has 27 heavy (non-hydrogen) atoms. The minimum Gasteiger partial charge on any atom is -0.389 e. The number of sulfone groups is 1. The SMILES string of the molecule is Cc1nc2sc(C(C)(C)O)nn2c1-c1cccc(S(=O)(=O)CC(C)(C)O)c1. The van der Waals surface area contributed by atoms with Gasteiger partial charge in [0.1, 0.15) is 10.6 Å². The molecule has 0 fully saturated rings. The van der Waals surface area contributed by atoms with E-state index in [1.165, 1.54) is 31.3 Å². The minimum atomic E-state index is -3.65. The molecule has 0 saturated heterocycles. The van der Waals surface area contributed by atoms with E-state index in [1.807, 2.05) is 6.92 Å². The minimum absolute atomic E-state index is 0.134. The number of rotatable bonds is 5. The number of nitrogens with zero attached hydrogens (tertiary/aromatic N) is 3. The fourth-order valence-electron chi connectivity index (χ4n) is 2.81. The third kappa shape index (κ3) is 4.06. The van der Waals surface area contributed by atoms with Crippen LogP contribution >= 0.6 is 11.3 Å². The predicted octanol–water partition coefficient (Wildman–Crippen LogP) is 2.54. The van der Waals surface area contributed by atoms with Gasteiger partial charge in [0.25, 0.3) is 0 Å². The van der Waals surface area contributed by atoms with Crippen LogP contribution in [0.5, 0.6) is 0 Å². The van der Waals surface area contributed by atoms with Crippen molar-refractivity contribution in [2.75, 3.05) is 5.75 Å². The van der Waals surface area contributed by atoms with Gasteiger partial charge >= 0.3 is 0 Å². The Hall–Kier alpha value is -1.81. The van der Waals surface area contributed by atoms with Gasteiger partial charge in [-0.2, -0.15) is 5.10 Å². The Morgan fingerprint density at radius 1 is 1.19 bits per heavy atom. The van der Waals surface area contributed by atoms with Gasteiger partial charge in [-0.1, -0.05) is 23.5 Å². The summed E-state index contributed by atoms with van der Waals surface area (Å²) in [5.41, 5.74) is -0.367. The molecule has 0 unspecified atom stereocenters. The molecule has 3 rings (SSSR count). The van der Waals surface area contributed by atoms with E-state index >= 15 is 0 Å². The van der Waals surface area contributed by atoms with Crippen LogP contribution in [0.25, 0.3) is 16.2 Å². The number of aromatic nitrogens is 3. The van der Waals surface area contributed by atoms with Crippen LogP contribution in [0.2, 0.25) is 0 Å². The summed E-state index contributed by atoms with van der Waals surface area (Å²) >= 11 is 1.29. The van der Waals surface area contributed by atoms with Crippen molar-refractivity contribution in [3.8, 4) is 11.3 Å². The van der Waals surface area contributed by atoms with Crippen molar-refractivity contribution in [3.05, 3.63) is 35.0 Å². The number of fused-ring (bicyclic) bond motifs is 1. The number of imidazole rings is 1. The molecular formula is C18H23N3O4S2. The second kappa shape index (κ2) is 6.37. The lowest BCUT2D eigenvalue weighted by molar-refractivity contribution is 0.0773. The Morgan fingerprint density at radius 2 is 1.85 bits per heavy atom. The van der Waals surface area contributed by atoms with Gasteiger partial charge in [0.05, 0.1) is 27.6 Å². The molecule has 2 heterocycles. The highest BCUT2D eigenvalue weighted by atomic mass is 32.2. The first-order valence-corrected chi connectivity index (χ1v) is 10.9. The fourth-order valence-corrected chi connectivity index (χ4v) is 5.45. The van der Waals surface area contributed by atoms with Crippen LogP contribution in [0, 0.1) is 6.92 Å². The monoisotopic (exact) mass is 409 g/mol. The molecule has 0 amide bonds. The highest BCUT2D eigenvalue weighted by molar-refractivity contribution is 7.91. The van der Waals surface area contributed by atoms with Crippen LogP contribution in [0.3, 0.4) is 0 Å². The first kappa shape index (κ1) is 19.9. The van der Waals surface area contributed by atoms with Gasteiger partial charge in [-0.3, -0.25) is 0 Å². The summed E-state index contributed by atoms with van der Waals surface area (Å²) in [5, 5.41) is 25.1. The molecule has 2 N–H and O–H groups in total. The van der Waals surface area contributed by atoms with Gasteiger partial charge in [0.15, 0.2) is 9.84 Å². The highest BCUT2D eigenvalue weighted by Crippen LogP contribution is 2.32. The summed E-state index contributed by atoms with van der Waals surface area (Å²) in [4.78, 5) is 5.26. The Kier molecular flexibility index (Phi) is 4.70. The smallest absolute Gasteiger partial charge is 0.213 e. The molecule has 3 aromatic rings. The first-order valence-electron chi connectivity index (χ1n) is 8.42. The van der Waals surface area contributed by atoms with Gasteiger partial charge < -0.3 is 10.2 Å². The maximum atomic E-state index is 12.6. The standard InChI is InChI=1S/C18H23N3O4S2/c1-11-14(21-16(19-11)26-15(20-21)18(4,5)23)12-7-6-8-13(9-12)27(24,25)10-17(2,3)22/h6-9,22-23H,10H2,1-5H3. The molecule has 7 nitrogen and oxygen atoms in total.